The van der Waals surface area contributed by atoms with E-state index in [9.17, 15) is 4.79 Å². The first-order valence-electron chi connectivity index (χ1n) is 6.19. The van der Waals surface area contributed by atoms with E-state index in [0.717, 1.165) is 23.3 Å². The van der Waals surface area contributed by atoms with Gasteiger partial charge in [0.05, 0.1) is 22.1 Å². The molecule has 100 valence electrons. The molecule has 1 fully saturated rings. The molecule has 5 nitrogen and oxygen atoms in total. The third-order valence-corrected chi connectivity index (χ3v) is 3.94. The van der Waals surface area contributed by atoms with Gasteiger partial charge in [0.1, 0.15) is 5.82 Å². The Hall–Kier alpha value is -1.75. The Balaban J connectivity index is 2.06. The zero-order valence-electron chi connectivity index (χ0n) is 10.5. The molecule has 0 radical (unpaired) electrons. The Kier molecular flexibility index (Phi) is 2.86. The molecule has 1 unspecified atom stereocenters. The van der Waals surface area contributed by atoms with Gasteiger partial charge < -0.3 is 14.6 Å². The van der Waals surface area contributed by atoms with Crippen molar-refractivity contribution >= 4 is 28.7 Å². The van der Waals surface area contributed by atoms with Crippen molar-refractivity contribution in [3.63, 3.8) is 0 Å². The molecular formula is C13H14ClN3O2. The number of carbonyl (C=O) groups is 1. The number of aryl methyl sites for hydroxylation is 1. The number of hydrogen-bond acceptors (Lipinski definition) is 2. The number of para-hydroxylation sites is 1. The fraction of sp³-hybridized carbons (Fsp3) is 0.385. The number of rotatable bonds is 1. The second-order valence-corrected chi connectivity index (χ2v) is 5.21. The molecule has 1 N–H and O–H groups in total. The summed E-state index contributed by atoms with van der Waals surface area (Å²) in [4.78, 5) is 16.9. The van der Waals surface area contributed by atoms with Crippen molar-refractivity contribution in [2.75, 3.05) is 13.1 Å². The molecule has 1 atom stereocenters. The van der Waals surface area contributed by atoms with Gasteiger partial charge in [0.25, 0.3) is 0 Å². The normalized spacial score (nSPS) is 19.3. The minimum atomic E-state index is -0.865. The van der Waals surface area contributed by atoms with Gasteiger partial charge in [0.15, 0.2) is 0 Å². The summed E-state index contributed by atoms with van der Waals surface area (Å²) in [6.45, 7) is 2.98. The lowest BCUT2D eigenvalue weighted by Gasteiger charge is -2.16. The van der Waals surface area contributed by atoms with Gasteiger partial charge in [0, 0.05) is 13.1 Å². The summed E-state index contributed by atoms with van der Waals surface area (Å²) in [5, 5.41) is 9.70. The Morgan fingerprint density at radius 3 is 3.00 bits per heavy atom. The molecule has 2 heterocycles. The van der Waals surface area contributed by atoms with E-state index in [1.807, 2.05) is 25.1 Å². The highest BCUT2D eigenvalue weighted by atomic mass is 35.5. The van der Waals surface area contributed by atoms with Gasteiger partial charge in [-0.2, -0.15) is 0 Å². The topological polar surface area (TPSA) is 58.4 Å². The first-order valence-corrected chi connectivity index (χ1v) is 6.56. The first-order chi connectivity index (χ1) is 9.08. The maximum Gasteiger partial charge on any atom is 0.407 e. The third kappa shape index (κ3) is 1.94. The van der Waals surface area contributed by atoms with E-state index in [0.29, 0.717) is 18.1 Å². The van der Waals surface area contributed by atoms with Gasteiger partial charge in [-0.15, -0.1) is 0 Å². The number of aromatic nitrogens is 2. The van der Waals surface area contributed by atoms with Crippen molar-refractivity contribution in [3.05, 3.63) is 29.0 Å². The van der Waals surface area contributed by atoms with Gasteiger partial charge in [-0.3, -0.25) is 0 Å². The molecule has 0 saturated carbocycles. The molecule has 1 aromatic heterocycles. The molecule has 1 aromatic carbocycles. The minimum absolute atomic E-state index is 0.112. The quantitative estimate of drug-likeness (QED) is 0.873. The number of halogens is 1. The average Bonchev–Trinajstić information content (AvgIpc) is 2.93. The van der Waals surface area contributed by atoms with Gasteiger partial charge in [-0.05, 0) is 25.5 Å². The highest BCUT2D eigenvalue weighted by molar-refractivity contribution is 6.35. The molecular weight excluding hydrogens is 266 g/mol. The lowest BCUT2D eigenvalue weighted by Crippen LogP contribution is -2.27. The standard InChI is InChI=1S/C13H14ClN3O2/c1-8-15-11-4-2-3-10(14)12(11)17(8)9-5-6-16(7-9)13(18)19/h2-4,9H,5-7H2,1H3,(H,18,19). The number of benzene rings is 1. The monoisotopic (exact) mass is 279 g/mol. The van der Waals surface area contributed by atoms with Crippen molar-refractivity contribution in [1.29, 1.82) is 0 Å². The summed E-state index contributed by atoms with van der Waals surface area (Å²) in [5.74, 6) is 0.875. The smallest absolute Gasteiger partial charge is 0.407 e. The van der Waals surface area contributed by atoms with Crippen LogP contribution in [-0.2, 0) is 0 Å². The molecule has 1 aliphatic rings. The molecule has 6 heteroatoms. The van der Waals surface area contributed by atoms with Crippen LogP contribution in [0.2, 0.25) is 5.02 Å². The summed E-state index contributed by atoms with van der Waals surface area (Å²) < 4.78 is 2.07. The molecule has 1 amide bonds. The van der Waals surface area contributed by atoms with E-state index in [2.05, 4.69) is 9.55 Å². The predicted molar refractivity (Wildman–Crippen MR) is 72.7 cm³/mol. The van der Waals surface area contributed by atoms with Crippen molar-refractivity contribution in [1.82, 2.24) is 14.5 Å². The average molecular weight is 280 g/mol. The van der Waals surface area contributed by atoms with Crippen LogP contribution in [0.1, 0.15) is 18.3 Å². The van der Waals surface area contributed by atoms with Gasteiger partial charge in [-0.25, -0.2) is 9.78 Å². The van der Waals surface area contributed by atoms with Crippen LogP contribution in [0.5, 0.6) is 0 Å². The summed E-state index contributed by atoms with van der Waals surface area (Å²) in [5.41, 5.74) is 1.76. The number of carboxylic acid groups (broad SMARTS) is 1. The Morgan fingerprint density at radius 2 is 2.32 bits per heavy atom. The Morgan fingerprint density at radius 1 is 1.53 bits per heavy atom. The van der Waals surface area contributed by atoms with Gasteiger partial charge in [0.2, 0.25) is 0 Å². The van der Waals surface area contributed by atoms with E-state index in [-0.39, 0.29) is 6.04 Å². The van der Waals surface area contributed by atoms with Crippen molar-refractivity contribution < 1.29 is 9.90 Å². The van der Waals surface area contributed by atoms with Crippen molar-refractivity contribution in [2.45, 2.75) is 19.4 Å². The predicted octanol–water partition coefficient (Wildman–Crippen LogP) is 2.92. The lowest BCUT2D eigenvalue weighted by atomic mass is 10.2. The van der Waals surface area contributed by atoms with Crippen LogP contribution in [0.15, 0.2) is 18.2 Å². The third-order valence-electron chi connectivity index (χ3n) is 3.64. The number of likely N-dealkylation sites (tertiary alicyclic amines) is 1. The van der Waals surface area contributed by atoms with Crippen molar-refractivity contribution in [2.24, 2.45) is 0 Å². The molecule has 0 spiro atoms. The Labute approximate surface area is 115 Å². The summed E-state index contributed by atoms with van der Waals surface area (Å²) >= 11 is 6.26. The second-order valence-electron chi connectivity index (χ2n) is 4.81. The molecule has 0 aliphatic carbocycles. The molecule has 2 aromatic rings. The number of amides is 1. The van der Waals surface area contributed by atoms with Gasteiger partial charge >= 0.3 is 6.09 Å². The van der Waals surface area contributed by atoms with Crippen molar-refractivity contribution in [3.8, 4) is 0 Å². The Bertz CT molecular complexity index is 653. The van der Waals surface area contributed by atoms with Crippen LogP contribution in [0.3, 0.4) is 0 Å². The summed E-state index contributed by atoms with van der Waals surface area (Å²) in [7, 11) is 0. The molecule has 1 aliphatic heterocycles. The van der Waals surface area contributed by atoms with Crippen LogP contribution in [0.25, 0.3) is 11.0 Å². The number of fused-ring (bicyclic) bond motifs is 1. The molecule has 1 saturated heterocycles. The van der Waals surface area contributed by atoms with E-state index in [1.165, 1.54) is 4.90 Å². The van der Waals surface area contributed by atoms with Crippen LogP contribution < -0.4 is 0 Å². The SMILES string of the molecule is Cc1nc2cccc(Cl)c2n1C1CCN(C(=O)O)C1. The van der Waals surface area contributed by atoms with Crippen LogP contribution in [-0.4, -0.2) is 38.7 Å². The summed E-state index contributed by atoms with van der Waals surface area (Å²) in [6, 6.07) is 5.75. The van der Waals surface area contributed by atoms with E-state index in [1.54, 1.807) is 0 Å². The molecule has 3 rings (SSSR count). The fourth-order valence-electron chi connectivity index (χ4n) is 2.80. The van der Waals surface area contributed by atoms with Crippen LogP contribution in [0, 0.1) is 6.92 Å². The second kappa shape index (κ2) is 4.42. The maximum absolute atomic E-state index is 11.0. The van der Waals surface area contributed by atoms with Crippen LogP contribution in [0.4, 0.5) is 4.79 Å². The number of hydrogen-bond donors (Lipinski definition) is 1. The minimum Gasteiger partial charge on any atom is -0.465 e. The first kappa shape index (κ1) is 12.3. The number of nitrogens with zero attached hydrogens (tertiary/aromatic N) is 3. The lowest BCUT2D eigenvalue weighted by molar-refractivity contribution is 0.154. The van der Waals surface area contributed by atoms with Gasteiger partial charge in [-0.1, -0.05) is 17.7 Å². The highest BCUT2D eigenvalue weighted by Crippen LogP contribution is 2.31. The molecule has 19 heavy (non-hydrogen) atoms. The molecule has 0 bridgehead atoms. The maximum atomic E-state index is 11.0. The highest BCUT2D eigenvalue weighted by Gasteiger charge is 2.29. The summed E-state index contributed by atoms with van der Waals surface area (Å²) in [6.07, 6.45) is -0.0697. The fourth-order valence-corrected chi connectivity index (χ4v) is 3.06. The largest absolute Gasteiger partial charge is 0.465 e. The van der Waals surface area contributed by atoms with E-state index >= 15 is 0 Å². The zero-order chi connectivity index (χ0) is 13.6. The van der Waals surface area contributed by atoms with E-state index < -0.39 is 6.09 Å². The number of imidazole rings is 1. The van der Waals surface area contributed by atoms with Crippen LogP contribution >= 0.6 is 11.6 Å². The van der Waals surface area contributed by atoms with E-state index in [4.69, 9.17) is 16.7 Å². The zero-order valence-corrected chi connectivity index (χ0v) is 11.3.